The molecule has 2 atom stereocenters. The van der Waals surface area contributed by atoms with Gasteiger partial charge in [-0.15, -0.1) is 0 Å². The molecule has 1 saturated heterocycles. The smallest absolute Gasteiger partial charge is 0.207 e. The minimum atomic E-state index is 0.397. The van der Waals surface area contributed by atoms with Gasteiger partial charge in [-0.3, -0.25) is 4.79 Å². The molecule has 0 aromatic rings. The number of hydrogen-bond donors (Lipinski definition) is 2. The van der Waals surface area contributed by atoms with Gasteiger partial charge < -0.3 is 10.6 Å². The highest BCUT2D eigenvalue weighted by atomic mass is 16.1. The molecule has 1 rings (SSSR count). The summed E-state index contributed by atoms with van der Waals surface area (Å²) in [4.78, 5) is 10.0. The molecule has 3 nitrogen and oxygen atoms in total. The van der Waals surface area contributed by atoms with Crippen LogP contribution in [-0.4, -0.2) is 25.0 Å². The molecule has 0 bridgehead atoms. The van der Waals surface area contributed by atoms with Crippen LogP contribution in [0.25, 0.3) is 0 Å². The lowest BCUT2D eigenvalue weighted by molar-refractivity contribution is -0.110. The molecule has 1 heterocycles. The van der Waals surface area contributed by atoms with Gasteiger partial charge in [0.25, 0.3) is 0 Å². The van der Waals surface area contributed by atoms with Crippen molar-refractivity contribution in [2.45, 2.75) is 31.8 Å². The van der Waals surface area contributed by atoms with E-state index in [1.54, 1.807) is 0 Å². The zero-order chi connectivity index (χ0) is 7.40. The highest BCUT2D eigenvalue weighted by molar-refractivity contribution is 5.46. The van der Waals surface area contributed by atoms with Crippen molar-refractivity contribution in [2.24, 2.45) is 0 Å². The lowest BCUT2D eigenvalue weighted by Gasteiger charge is -2.27. The molecule has 1 fully saturated rings. The van der Waals surface area contributed by atoms with Crippen LogP contribution in [0.1, 0.15) is 19.8 Å². The van der Waals surface area contributed by atoms with Crippen molar-refractivity contribution < 1.29 is 4.79 Å². The van der Waals surface area contributed by atoms with Gasteiger partial charge in [0.2, 0.25) is 6.41 Å². The first-order chi connectivity index (χ1) is 4.83. The molecule has 0 radical (unpaired) electrons. The van der Waals surface area contributed by atoms with Gasteiger partial charge in [-0.1, -0.05) is 0 Å². The van der Waals surface area contributed by atoms with Gasteiger partial charge in [0.05, 0.1) is 0 Å². The Hall–Kier alpha value is -0.570. The highest BCUT2D eigenvalue weighted by Crippen LogP contribution is 2.06. The van der Waals surface area contributed by atoms with E-state index in [0.29, 0.717) is 12.1 Å². The Labute approximate surface area is 61.2 Å². The van der Waals surface area contributed by atoms with Gasteiger partial charge in [-0.25, -0.2) is 0 Å². The topological polar surface area (TPSA) is 41.1 Å². The highest BCUT2D eigenvalue weighted by Gasteiger charge is 2.16. The molecule has 58 valence electrons. The van der Waals surface area contributed by atoms with E-state index in [4.69, 9.17) is 0 Å². The lowest BCUT2D eigenvalue weighted by Crippen LogP contribution is -2.44. The molecular formula is C7H14N2O. The number of rotatable bonds is 2. The third-order valence-corrected chi connectivity index (χ3v) is 1.93. The fraction of sp³-hybridized carbons (Fsp3) is 0.857. The van der Waals surface area contributed by atoms with E-state index >= 15 is 0 Å². The number of carbonyl (C=O) groups is 1. The van der Waals surface area contributed by atoms with Gasteiger partial charge in [-0.2, -0.15) is 0 Å². The fourth-order valence-electron chi connectivity index (χ4n) is 1.38. The minimum absolute atomic E-state index is 0.397. The van der Waals surface area contributed by atoms with Crippen LogP contribution in [-0.2, 0) is 4.79 Å². The first-order valence-electron chi connectivity index (χ1n) is 3.76. The van der Waals surface area contributed by atoms with E-state index in [2.05, 4.69) is 17.6 Å². The van der Waals surface area contributed by atoms with E-state index in [0.717, 1.165) is 25.8 Å². The fourth-order valence-corrected chi connectivity index (χ4v) is 1.38. The molecule has 0 aliphatic carbocycles. The molecule has 1 aliphatic heterocycles. The Morgan fingerprint density at radius 2 is 2.50 bits per heavy atom. The number of amides is 1. The molecule has 0 unspecified atom stereocenters. The van der Waals surface area contributed by atoms with Gasteiger partial charge in [-0.05, 0) is 26.3 Å². The molecule has 1 amide bonds. The van der Waals surface area contributed by atoms with Crippen LogP contribution in [0.5, 0.6) is 0 Å². The minimum Gasteiger partial charge on any atom is -0.356 e. The number of hydrogen-bond acceptors (Lipinski definition) is 2. The summed E-state index contributed by atoms with van der Waals surface area (Å²) in [6.45, 7) is 3.16. The van der Waals surface area contributed by atoms with Crippen LogP contribution in [0.3, 0.4) is 0 Å². The number of piperidine rings is 1. The summed E-state index contributed by atoms with van der Waals surface area (Å²) in [5.74, 6) is 0. The van der Waals surface area contributed by atoms with Crippen molar-refractivity contribution in [3.05, 3.63) is 0 Å². The Morgan fingerprint density at radius 1 is 1.70 bits per heavy atom. The van der Waals surface area contributed by atoms with Crippen molar-refractivity contribution in [1.29, 1.82) is 0 Å². The molecule has 1 aliphatic rings. The van der Waals surface area contributed by atoms with Crippen LogP contribution in [0.15, 0.2) is 0 Å². The van der Waals surface area contributed by atoms with Gasteiger partial charge in [0.1, 0.15) is 0 Å². The molecule has 2 N–H and O–H groups in total. The van der Waals surface area contributed by atoms with Crippen LogP contribution >= 0.6 is 0 Å². The lowest BCUT2D eigenvalue weighted by atomic mass is 10.0. The van der Waals surface area contributed by atoms with Crippen LogP contribution in [0, 0.1) is 0 Å². The van der Waals surface area contributed by atoms with E-state index < -0.39 is 0 Å². The Balaban J connectivity index is 2.24. The number of carbonyl (C=O) groups excluding carboxylic acids is 1. The summed E-state index contributed by atoms with van der Waals surface area (Å²) in [5, 5.41) is 6.11. The molecule has 3 heteroatoms. The molecule has 0 spiro atoms. The predicted molar refractivity (Wildman–Crippen MR) is 39.7 cm³/mol. The Kier molecular flexibility index (Phi) is 2.68. The van der Waals surface area contributed by atoms with Crippen LogP contribution in [0.2, 0.25) is 0 Å². The second-order valence-electron chi connectivity index (χ2n) is 2.86. The molecule has 0 aromatic carbocycles. The van der Waals surface area contributed by atoms with Crippen molar-refractivity contribution in [2.75, 3.05) is 6.54 Å². The molecular weight excluding hydrogens is 128 g/mol. The van der Waals surface area contributed by atoms with Crippen molar-refractivity contribution in [1.82, 2.24) is 10.6 Å². The van der Waals surface area contributed by atoms with Crippen LogP contribution in [0.4, 0.5) is 0 Å². The SMILES string of the molecule is C[C@H]1C[C@H](NC=O)CCN1. The van der Waals surface area contributed by atoms with E-state index in [9.17, 15) is 4.79 Å². The molecule has 10 heavy (non-hydrogen) atoms. The maximum Gasteiger partial charge on any atom is 0.207 e. The summed E-state index contributed by atoms with van der Waals surface area (Å²) in [6, 6.07) is 0.944. The van der Waals surface area contributed by atoms with E-state index in [-0.39, 0.29) is 0 Å². The summed E-state index contributed by atoms with van der Waals surface area (Å²) in [5.41, 5.74) is 0. The second kappa shape index (κ2) is 3.56. The standard InChI is InChI=1S/C7H14N2O/c1-6-4-7(9-5-10)2-3-8-6/h5-8H,2-4H2,1H3,(H,9,10)/t6-,7+/m0/s1. The number of nitrogens with one attached hydrogen (secondary N) is 2. The van der Waals surface area contributed by atoms with Gasteiger partial charge in [0.15, 0.2) is 0 Å². The first-order valence-corrected chi connectivity index (χ1v) is 3.76. The zero-order valence-corrected chi connectivity index (χ0v) is 6.26. The summed E-state index contributed by atoms with van der Waals surface area (Å²) in [7, 11) is 0. The van der Waals surface area contributed by atoms with Crippen LogP contribution < -0.4 is 10.6 Å². The van der Waals surface area contributed by atoms with E-state index in [1.807, 2.05) is 0 Å². The van der Waals surface area contributed by atoms with Crippen molar-refractivity contribution in [3.63, 3.8) is 0 Å². The first kappa shape index (κ1) is 7.54. The van der Waals surface area contributed by atoms with E-state index in [1.165, 1.54) is 0 Å². The average molecular weight is 142 g/mol. The molecule has 0 aromatic heterocycles. The quantitative estimate of drug-likeness (QED) is 0.527. The summed E-state index contributed by atoms with van der Waals surface area (Å²) >= 11 is 0. The predicted octanol–water partition coefficient (Wildman–Crippen LogP) is -0.127. The normalized spacial score (nSPS) is 33.3. The summed E-state index contributed by atoms with van der Waals surface area (Å²) < 4.78 is 0. The van der Waals surface area contributed by atoms with Gasteiger partial charge >= 0.3 is 0 Å². The van der Waals surface area contributed by atoms with Gasteiger partial charge in [0, 0.05) is 12.1 Å². The average Bonchev–Trinajstić information content (AvgIpc) is 1.88. The second-order valence-corrected chi connectivity index (χ2v) is 2.86. The third-order valence-electron chi connectivity index (χ3n) is 1.93. The van der Waals surface area contributed by atoms with Crippen molar-refractivity contribution >= 4 is 6.41 Å². The zero-order valence-electron chi connectivity index (χ0n) is 6.26. The molecule has 0 saturated carbocycles. The third kappa shape index (κ3) is 1.99. The Morgan fingerprint density at radius 3 is 3.10 bits per heavy atom. The van der Waals surface area contributed by atoms with Crippen molar-refractivity contribution in [3.8, 4) is 0 Å². The largest absolute Gasteiger partial charge is 0.356 e. The Bertz CT molecular complexity index is 116. The summed E-state index contributed by atoms with van der Waals surface area (Å²) in [6.07, 6.45) is 2.91. The maximum absolute atomic E-state index is 10.0. The maximum atomic E-state index is 10.0. The monoisotopic (exact) mass is 142 g/mol.